The van der Waals surface area contributed by atoms with Crippen LogP contribution in [-0.2, 0) is 0 Å². The van der Waals surface area contributed by atoms with Gasteiger partial charge in [0.2, 0.25) is 0 Å². The van der Waals surface area contributed by atoms with Crippen molar-refractivity contribution < 1.29 is 0 Å². The molecule has 0 saturated carbocycles. The molecule has 102 valence electrons. The van der Waals surface area contributed by atoms with Crippen molar-refractivity contribution >= 4 is 17.2 Å². The largest absolute Gasteiger partial charge is 0.393 e. The highest BCUT2D eigenvalue weighted by molar-refractivity contribution is 7.80. The van der Waals surface area contributed by atoms with E-state index in [0.29, 0.717) is 4.99 Å². The third kappa shape index (κ3) is 7.68. The van der Waals surface area contributed by atoms with E-state index in [1.165, 1.54) is 6.42 Å². The van der Waals surface area contributed by atoms with Crippen LogP contribution in [0, 0.1) is 5.41 Å². The summed E-state index contributed by atoms with van der Waals surface area (Å²) in [6.45, 7) is 10.9. The van der Waals surface area contributed by atoms with Crippen LogP contribution in [0.15, 0.2) is 0 Å². The SMILES string of the molecule is CCCN(CCN(C)C)CCC(C)(C)C(N)=S. The standard InChI is InChI=1S/C13H29N3S/c1-6-8-16(11-10-15(4)5)9-7-13(2,3)12(14)17/h6-11H2,1-5H3,(H2,14,17). The molecule has 0 saturated heterocycles. The van der Waals surface area contributed by atoms with Crippen LogP contribution in [0.4, 0.5) is 0 Å². The van der Waals surface area contributed by atoms with Crippen LogP contribution in [0.2, 0.25) is 0 Å². The third-order valence-corrected chi connectivity index (χ3v) is 3.68. The van der Waals surface area contributed by atoms with Gasteiger partial charge in [0.1, 0.15) is 0 Å². The average molecular weight is 259 g/mol. The van der Waals surface area contributed by atoms with E-state index < -0.39 is 0 Å². The summed E-state index contributed by atoms with van der Waals surface area (Å²) in [5, 5.41) is 0. The summed E-state index contributed by atoms with van der Waals surface area (Å²) < 4.78 is 0. The summed E-state index contributed by atoms with van der Waals surface area (Å²) in [6.07, 6.45) is 2.23. The Labute approximate surface area is 112 Å². The Bertz CT molecular complexity index is 227. The molecule has 2 N–H and O–H groups in total. The molecule has 0 amide bonds. The van der Waals surface area contributed by atoms with Crippen LogP contribution in [0.5, 0.6) is 0 Å². The topological polar surface area (TPSA) is 32.5 Å². The van der Waals surface area contributed by atoms with Crippen LogP contribution in [0.25, 0.3) is 0 Å². The molecule has 3 nitrogen and oxygen atoms in total. The molecule has 4 heteroatoms. The van der Waals surface area contributed by atoms with Crippen LogP contribution in [0.1, 0.15) is 33.6 Å². The number of rotatable bonds is 9. The molecule has 0 unspecified atom stereocenters. The van der Waals surface area contributed by atoms with Gasteiger partial charge in [-0.1, -0.05) is 33.0 Å². The van der Waals surface area contributed by atoms with Gasteiger partial charge in [-0.3, -0.25) is 0 Å². The van der Waals surface area contributed by atoms with Crippen molar-refractivity contribution in [1.82, 2.24) is 9.80 Å². The summed E-state index contributed by atoms with van der Waals surface area (Å²) in [4.78, 5) is 5.35. The van der Waals surface area contributed by atoms with Crippen LogP contribution in [0.3, 0.4) is 0 Å². The van der Waals surface area contributed by atoms with E-state index in [4.69, 9.17) is 18.0 Å². The Morgan fingerprint density at radius 1 is 1.12 bits per heavy atom. The summed E-state index contributed by atoms with van der Waals surface area (Å²) in [7, 11) is 4.23. The van der Waals surface area contributed by atoms with Gasteiger partial charge >= 0.3 is 0 Å². The van der Waals surface area contributed by atoms with Crippen LogP contribution in [-0.4, -0.2) is 55.1 Å². The van der Waals surface area contributed by atoms with Gasteiger partial charge in [-0.25, -0.2) is 0 Å². The number of hydrogen-bond acceptors (Lipinski definition) is 3. The van der Waals surface area contributed by atoms with E-state index in [1.54, 1.807) is 0 Å². The Morgan fingerprint density at radius 3 is 2.12 bits per heavy atom. The molecule has 0 aliphatic carbocycles. The Balaban J connectivity index is 4.12. The van der Waals surface area contributed by atoms with Crippen molar-refractivity contribution in [3.05, 3.63) is 0 Å². The summed E-state index contributed by atoms with van der Waals surface area (Å²) in [6, 6.07) is 0. The van der Waals surface area contributed by atoms with Gasteiger partial charge in [0, 0.05) is 18.5 Å². The van der Waals surface area contributed by atoms with Gasteiger partial charge in [-0.2, -0.15) is 0 Å². The number of likely N-dealkylation sites (N-methyl/N-ethyl adjacent to an activating group) is 1. The highest BCUT2D eigenvalue weighted by Gasteiger charge is 2.22. The molecular formula is C13H29N3S. The molecular weight excluding hydrogens is 230 g/mol. The molecule has 0 radical (unpaired) electrons. The fourth-order valence-corrected chi connectivity index (χ4v) is 1.66. The molecule has 0 bridgehead atoms. The average Bonchev–Trinajstić information content (AvgIpc) is 2.21. The van der Waals surface area contributed by atoms with E-state index in [1.807, 2.05) is 0 Å². The van der Waals surface area contributed by atoms with Gasteiger partial charge < -0.3 is 15.5 Å². The quantitative estimate of drug-likeness (QED) is 0.642. The van der Waals surface area contributed by atoms with Crippen LogP contribution < -0.4 is 5.73 Å². The Morgan fingerprint density at radius 2 is 1.71 bits per heavy atom. The number of nitrogens with zero attached hydrogens (tertiary/aromatic N) is 2. The van der Waals surface area contributed by atoms with Crippen molar-refractivity contribution in [2.24, 2.45) is 11.1 Å². The lowest BCUT2D eigenvalue weighted by Gasteiger charge is -2.29. The lowest BCUT2D eigenvalue weighted by molar-refractivity contribution is 0.221. The predicted molar refractivity (Wildman–Crippen MR) is 80.5 cm³/mol. The highest BCUT2D eigenvalue weighted by Crippen LogP contribution is 2.20. The van der Waals surface area contributed by atoms with E-state index >= 15 is 0 Å². The van der Waals surface area contributed by atoms with Crippen molar-refractivity contribution in [2.45, 2.75) is 33.6 Å². The minimum absolute atomic E-state index is 0.0283. The summed E-state index contributed by atoms with van der Waals surface area (Å²) in [5.41, 5.74) is 5.73. The lowest BCUT2D eigenvalue weighted by atomic mass is 9.89. The number of nitrogens with two attached hydrogens (primary N) is 1. The monoisotopic (exact) mass is 259 g/mol. The van der Waals surface area contributed by atoms with Crippen molar-refractivity contribution in [3.8, 4) is 0 Å². The zero-order chi connectivity index (χ0) is 13.5. The lowest BCUT2D eigenvalue weighted by Crippen LogP contribution is -2.37. The Hall–Kier alpha value is -0.190. The second-order valence-electron chi connectivity index (χ2n) is 5.64. The van der Waals surface area contributed by atoms with Crippen molar-refractivity contribution in [1.29, 1.82) is 0 Å². The predicted octanol–water partition coefficient (Wildman–Crippen LogP) is 1.96. The molecule has 0 rings (SSSR count). The normalized spacial score (nSPS) is 12.4. The minimum atomic E-state index is -0.0283. The maximum Gasteiger partial charge on any atom is 0.0784 e. The van der Waals surface area contributed by atoms with Gasteiger partial charge in [0.15, 0.2) is 0 Å². The molecule has 0 heterocycles. The van der Waals surface area contributed by atoms with Crippen molar-refractivity contribution in [2.75, 3.05) is 40.3 Å². The molecule has 0 aromatic heterocycles. The first-order valence-corrected chi connectivity index (χ1v) is 6.87. The second-order valence-corrected chi connectivity index (χ2v) is 6.08. The van der Waals surface area contributed by atoms with Crippen molar-refractivity contribution in [3.63, 3.8) is 0 Å². The zero-order valence-electron chi connectivity index (χ0n) is 12.1. The fraction of sp³-hybridized carbons (Fsp3) is 0.923. The van der Waals surface area contributed by atoms with E-state index in [-0.39, 0.29) is 5.41 Å². The Kier molecular flexibility index (Phi) is 7.92. The van der Waals surface area contributed by atoms with E-state index in [0.717, 1.165) is 32.6 Å². The first-order chi connectivity index (χ1) is 7.79. The minimum Gasteiger partial charge on any atom is -0.393 e. The fourth-order valence-electron chi connectivity index (χ4n) is 1.55. The van der Waals surface area contributed by atoms with Crippen LogP contribution >= 0.6 is 12.2 Å². The zero-order valence-corrected chi connectivity index (χ0v) is 12.9. The second kappa shape index (κ2) is 8.01. The summed E-state index contributed by atoms with van der Waals surface area (Å²) >= 11 is 5.11. The van der Waals surface area contributed by atoms with Gasteiger partial charge in [-0.05, 0) is 40.0 Å². The smallest absolute Gasteiger partial charge is 0.0784 e. The van der Waals surface area contributed by atoms with E-state index in [2.05, 4.69) is 44.7 Å². The molecule has 0 aromatic carbocycles. The van der Waals surface area contributed by atoms with Gasteiger partial charge in [0.25, 0.3) is 0 Å². The summed E-state index contributed by atoms with van der Waals surface area (Å²) in [5.74, 6) is 0. The molecule has 0 fully saturated rings. The molecule has 0 aliphatic heterocycles. The first-order valence-electron chi connectivity index (χ1n) is 6.46. The molecule has 17 heavy (non-hydrogen) atoms. The van der Waals surface area contributed by atoms with E-state index in [9.17, 15) is 0 Å². The molecule has 0 aliphatic rings. The maximum atomic E-state index is 5.76. The number of hydrogen-bond donors (Lipinski definition) is 1. The molecule has 0 atom stereocenters. The molecule has 0 spiro atoms. The highest BCUT2D eigenvalue weighted by atomic mass is 32.1. The maximum absolute atomic E-state index is 5.76. The number of thiocarbonyl (C=S) groups is 1. The van der Waals surface area contributed by atoms with Gasteiger partial charge in [-0.15, -0.1) is 0 Å². The van der Waals surface area contributed by atoms with Gasteiger partial charge in [0.05, 0.1) is 4.99 Å². The molecule has 0 aromatic rings. The third-order valence-electron chi connectivity index (χ3n) is 3.12. The first kappa shape index (κ1) is 16.8.